The topological polar surface area (TPSA) is 38.7 Å². The maximum atomic E-state index is 9.07. The van der Waals surface area contributed by atoms with Gasteiger partial charge in [-0.3, -0.25) is 0 Å². The largest absolute Gasteiger partial charge is 0.493 e. The van der Waals surface area contributed by atoms with Crippen LogP contribution in [-0.2, 0) is 6.61 Å². The summed E-state index contributed by atoms with van der Waals surface area (Å²) in [7, 11) is 1.56. The van der Waals surface area contributed by atoms with E-state index in [1.165, 1.54) is 0 Å². The van der Waals surface area contributed by atoms with Crippen molar-refractivity contribution in [1.82, 2.24) is 0 Å². The van der Waals surface area contributed by atoms with Crippen LogP contribution in [0.3, 0.4) is 0 Å². The Labute approximate surface area is 107 Å². The molecule has 4 heteroatoms. The summed E-state index contributed by atoms with van der Waals surface area (Å²) in [6, 6.07) is 3.42. The molecule has 1 unspecified atom stereocenters. The van der Waals surface area contributed by atoms with Crippen LogP contribution in [0, 0.1) is 5.92 Å². The van der Waals surface area contributed by atoms with Crippen molar-refractivity contribution < 1.29 is 14.6 Å². The smallest absolute Gasteiger partial charge is 0.179 e. The zero-order valence-corrected chi connectivity index (χ0v) is 11.3. The van der Waals surface area contributed by atoms with Crippen LogP contribution in [0.1, 0.15) is 25.8 Å². The molecule has 0 saturated carbocycles. The molecule has 0 aliphatic heterocycles. The summed E-state index contributed by atoms with van der Waals surface area (Å²) in [5.41, 5.74) is 0.711. The molecule has 0 amide bonds. The average Bonchev–Trinajstić information content (AvgIpc) is 2.35. The molecule has 0 saturated heterocycles. The second-order valence-electron chi connectivity index (χ2n) is 4.09. The van der Waals surface area contributed by atoms with Gasteiger partial charge in [-0.15, -0.1) is 0 Å². The van der Waals surface area contributed by atoms with Crippen molar-refractivity contribution in [3.05, 3.63) is 22.7 Å². The number of rotatable bonds is 6. The van der Waals surface area contributed by atoms with E-state index >= 15 is 0 Å². The molecular weight excluding hydrogens is 240 g/mol. The van der Waals surface area contributed by atoms with Crippen LogP contribution >= 0.6 is 11.6 Å². The van der Waals surface area contributed by atoms with E-state index < -0.39 is 0 Å². The Morgan fingerprint density at radius 3 is 2.65 bits per heavy atom. The molecule has 3 nitrogen and oxygen atoms in total. The molecule has 0 aliphatic rings. The first-order chi connectivity index (χ1) is 8.12. The lowest BCUT2D eigenvalue weighted by Gasteiger charge is -2.16. The molecule has 0 spiro atoms. The predicted molar refractivity (Wildman–Crippen MR) is 68.9 cm³/mol. The number of aliphatic hydroxyl groups is 1. The van der Waals surface area contributed by atoms with Gasteiger partial charge in [0.25, 0.3) is 0 Å². The van der Waals surface area contributed by atoms with E-state index in [4.69, 9.17) is 26.2 Å². The van der Waals surface area contributed by atoms with E-state index in [-0.39, 0.29) is 6.61 Å². The molecule has 1 rings (SSSR count). The standard InChI is InChI=1S/C13H19ClO3/c1-4-9(2)8-17-13-11(14)5-10(7-15)6-12(13)16-3/h5-6,9,15H,4,7-8H2,1-3H3. The highest BCUT2D eigenvalue weighted by molar-refractivity contribution is 6.32. The van der Waals surface area contributed by atoms with Crippen molar-refractivity contribution in [2.24, 2.45) is 5.92 Å². The van der Waals surface area contributed by atoms with Gasteiger partial charge in [-0.2, -0.15) is 0 Å². The number of ether oxygens (including phenoxy) is 2. The second-order valence-corrected chi connectivity index (χ2v) is 4.50. The van der Waals surface area contributed by atoms with Gasteiger partial charge in [-0.25, -0.2) is 0 Å². The first-order valence-corrected chi connectivity index (χ1v) is 6.10. The third kappa shape index (κ3) is 3.79. The van der Waals surface area contributed by atoms with Gasteiger partial charge in [0, 0.05) is 0 Å². The van der Waals surface area contributed by atoms with Gasteiger partial charge in [0.2, 0.25) is 0 Å². The highest BCUT2D eigenvalue weighted by Gasteiger charge is 2.12. The molecule has 17 heavy (non-hydrogen) atoms. The Hall–Kier alpha value is -0.930. The number of aliphatic hydroxyl groups excluding tert-OH is 1. The second kappa shape index (κ2) is 6.72. The molecule has 0 radical (unpaired) electrons. The van der Waals surface area contributed by atoms with E-state index in [0.29, 0.717) is 34.6 Å². The number of hydrogen-bond acceptors (Lipinski definition) is 3. The van der Waals surface area contributed by atoms with Gasteiger partial charge in [0.15, 0.2) is 11.5 Å². The molecule has 0 aliphatic carbocycles. The number of methoxy groups -OCH3 is 1. The quantitative estimate of drug-likeness (QED) is 0.851. The Morgan fingerprint density at radius 1 is 1.41 bits per heavy atom. The van der Waals surface area contributed by atoms with Crippen LogP contribution in [0.25, 0.3) is 0 Å². The molecule has 96 valence electrons. The lowest BCUT2D eigenvalue weighted by molar-refractivity contribution is 0.243. The van der Waals surface area contributed by atoms with E-state index in [0.717, 1.165) is 6.42 Å². The fourth-order valence-electron chi connectivity index (χ4n) is 1.35. The Bertz CT molecular complexity index is 366. The Balaban J connectivity index is 2.89. The van der Waals surface area contributed by atoms with Crippen molar-refractivity contribution in [3.8, 4) is 11.5 Å². The predicted octanol–water partition coefficient (Wildman–Crippen LogP) is 3.27. The SMILES string of the molecule is CCC(C)COc1c(Cl)cc(CO)cc1OC. The maximum Gasteiger partial charge on any atom is 0.179 e. The zero-order chi connectivity index (χ0) is 12.8. The van der Waals surface area contributed by atoms with Crippen LogP contribution in [0.5, 0.6) is 11.5 Å². The normalized spacial score (nSPS) is 12.3. The minimum atomic E-state index is -0.0677. The van der Waals surface area contributed by atoms with Gasteiger partial charge >= 0.3 is 0 Å². The molecule has 0 fully saturated rings. The molecule has 0 heterocycles. The number of benzene rings is 1. The van der Waals surface area contributed by atoms with Crippen molar-refractivity contribution in [2.45, 2.75) is 26.9 Å². The van der Waals surface area contributed by atoms with Crippen LogP contribution < -0.4 is 9.47 Å². The molecule has 0 bridgehead atoms. The van der Waals surface area contributed by atoms with E-state index in [1.807, 2.05) is 0 Å². The molecule has 1 aromatic carbocycles. The zero-order valence-electron chi connectivity index (χ0n) is 10.5. The third-order valence-electron chi connectivity index (χ3n) is 2.68. The summed E-state index contributed by atoms with van der Waals surface area (Å²) in [4.78, 5) is 0. The van der Waals surface area contributed by atoms with E-state index in [2.05, 4.69) is 13.8 Å². The monoisotopic (exact) mass is 258 g/mol. The summed E-state index contributed by atoms with van der Waals surface area (Å²) < 4.78 is 10.9. The maximum absolute atomic E-state index is 9.07. The van der Waals surface area contributed by atoms with Crippen LogP contribution in [0.2, 0.25) is 5.02 Å². The van der Waals surface area contributed by atoms with E-state index in [1.54, 1.807) is 19.2 Å². The van der Waals surface area contributed by atoms with Crippen molar-refractivity contribution in [3.63, 3.8) is 0 Å². The molecule has 1 N–H and O–H groups in total. The van der Waals surface area contributed by atoms with Gasteiger partial charge in [0.1, 0.15) is 0 Å². The van der Waals surface area contributed by atoms with Gasteiger partial charge in [-0.1, -0.05) is 31.9 Å². The minimum absolute atomic E-state index is 0.0677. The fraction of sp³-hybridized carbons (Fsp3) is 0.538. The Kier molecular flexibility index (Phi) is 5.59. The third-order valence-corrected chi connectivity index (χ3v) is 2.96. The lowest BCUT2D eigenvalue weighted by atomic mass is 10.1. The summed E-state index contributed by atoms with van der Waals surface area (Å²) in [6.07, 6.45) is 1.05. The van der Waals surface area contributed by atoms with E-state index in [9.17, 15) is 0 Å². The van der Waals surface area contributed by atoms with Gasteiger partial charge in [0.05, 0.1) is 25.3 Å². The average molecular weight is 259 g/mol. The van der Waals surface area contributed by atoms with Crippen molar-refractivity contribution >= 4 is 11.6 Å². The van der Waals surface area contributed by atoms with Crippen LogP contribution in [0.4, 0.5) is 0 Å². The summed E-state index contributed by atoms with van der Waals surface area (Å²) in [5.74, 6) is 1.57. The molecule has 0 aromatic heterocycles. The first kappa shape index (κ1) is 14.1. The van der Waals surface area contributed by atoms with Crippen LogP contribution in [-0.4, -0.2) is 18.8 Å². The number of hydrogen-bond donors (Lipinski definition) is 1. The Morgan fingerprint density at radius 2 is 2.12 bits per heavy atom. The first-order valence-electron chi connectivity index (χ1n) is 5.72. The van der Waals surface area contributed by atoms with Gasteiger partial charge in [-0.05, 0) is 23.6 Å². The summed E-state index contributed by atoms with van der Waals surface area (Å²) in [5, 5.41) is 9.54. The summed E-state index contributed by atoms with van der Waals surface area (Å²) >= 11 is 6.10. The lowest BCUT2D eigenvalue weighted by Crippen LogP contribution is -2.08. The number of halogens is 1. The summed E-state index contributed by atoms with van der Waals surface area (Å²) in [6.45, 7) is 4.76. The molecular formula is C13H19ClO3. The highest BCUT2D eigenvalue weighted by Crippen LogP contribution is 2.36. The van der Waals surface area contributed by atoms with Gasteiger partial charge < -0.3 is 14.6 Å². The van der Waals surface area contributed by atoms with Crippen molar-refractivity contribution in [2.75, 3.05) is 13.7 Å². The molecule has 1 atom stereocenters. The minimum Gasteiger partial charge on any atom is -0.493 e. The fourth-order valence-corrected chi connectivity index (χ4v) is 1.64. The molecule has 1 aromatic rings. The highest BCUT2D eigenvalue weighted by atomic mass is 35.5. The van der Waals surface area contributed by atoms with Crippen molar-refractivity contribution in [1.29, 1.82) is 0 Å². The van der Waals surface area contributed by atoms with Crippen LogP contribution in [0.15, 0.2) is 12.1 Å².